The molecule has 0 amide bonds. The number of nitrogens with zero attached hydrogens (tertiary/aromatic N) is 2. The second kappa shape index (κ2) is 5.64. The zero-order valence-corrected chi connectivity index (χ0v) is 11.1. The van der Waals surface area contributed by atoms with E-state index in [1.807, 2.05) is 0 Å². The fraction of sp³-hybridized carbons (Fsp3) is 0.214. The van der Waals surface area contributed by atoms with E-state index in [1.165, 1.54) is 12.4 Å². The quantitative estimate of drug-likeness (QED) is 0.897. The third-order valence-corrected chi connectivity index (χ3v) is 2.92. The van der Waals surface area contributed by atoms with Gasteiger partial charge in [-0.3, -0.25) is 0 Å². The molecule has 1 heterocycles. The van der Waals surface area contributed by atoms with E-state index < -0.39 is 11.8 Å². The summed E-state index contributed by atoms with van der Waals surface area (Å²) in [6.07, 6.45) is 1.77. The molecule has 0 spiro atoms. The highest BCUT2D eigenvalue weighted by Gasteiger charge is 2.11. The highest BCUT2D eigenvalue weighted by Crippen LogP contribution is 2.21. The summed E-state index contributed by atoms with van der Waals surface area (Å²) < 4.78 is 14.0. The number of benzene rings is 1. The van der Waals surface area contributed by atoms with Gasteiger partial charge >= 0.3 is 5.97 Å². The topological polar surface area (TPSA) is 75.1 Å². The molecule has 0 aliphatic carbocycles. The molecule has 0 unspecified atom stereocenters. The molecule has 2 aromatic rings. The number of nitrogens with one attached hydrogen (secondary N) is 1. The summed E-state index contributed by atoms with van der Waals surface area (Å²) in [5, 5.41) is 11.8. The fourth-order valence-electron chi connectivity index (χ4n) is 1.86. The van der Waals surface area contributed by atoms with Crippen LogP contribution < -0.4 is 5.32 Å². The van der Waals surface area contributed by atoms with Crippen LogP contribution in [0, 0.1) is 12.7 Å². The van der Waals surface area contributed by atoms with Crippen LogP contribution in [0.15, 0.2) is 24.5 Å². The molecule has 2 N–H and O–H groups in total. The first-order valence-electron chi connectivity index (χ1n) is 6.13. The molecule has 0 radical (unpaired) electrons. The lowest BCUT2D eigenvalue weighted by molar-refractivity contribution is 0.0696. The maximum atomic E-state index is 14.0. The lowest BCUT2D eigenvalue weighted by Crippen LogP contribution is -2.04. The van der Waals surface area contributed by atoms with Crippen LogP contribution in [0.1, 0.15) is 28.5 Å². The van der Waals surface area contributed by atoms with E-state index in [4.69, 9.17) is 5.11 Å². The Balaban J connectivity index is 2.31. The van der Waals surface area contributed by atoms with Crippen molar-refractivity contribution in [1.29, 1.82) is 0 Å². The molecule has 0 aliphatic rings. The van der Waals surface area contributed by atoms with Crippen LogP contribution >= 0.6 is 0 Å². The van der Waals surface area contributed by atoms with Gasteiger partial charge in [0.25, 0.3) is 0 Å². The standard InChI is InChI=1S/C14H14FN3O2/c1-3-11-12(15)13(17-7-16-11)18-9-4-5-10(14(19)20)8(2)6-9/h4-7H,3H2,1-2H3,(H,19,20)(H,16,17,18). The third kappa shape index (κ3) is 2.74. The van der Waals surface area contributed by atoms with Crippen LogP contribution in [-0.4, -0.2) is 21.0 Å². The molecule has 1 aromatic heterocycles. The van der Waals surface area contributed by atoms with Gasteiger partial charge in [0.05, 0.1) is 11.3 Å². The first-order valence-corrected chi connectivity index (χ1v) is 6.13. The van der Waals surface area contributed by atoms with Crippen LogP contribution in [0.3, 0.4) is 0 Å². The average Bonchev–Trinajstić information content (AvgIpc) is 2.41. The van der Waals surface area contributed by atoms with E-state index >= 15 is 0 Å². The van der Waals surface area contributed by atoms with Gasteiger partial charge in [-0.2, -0.15) is 0 Å². The molecule has 20 heavy (non-hydrogen) atoms. The Labute approximate surface area is 115 Å². The Morgan fingerprint density at radius 1 is 1.40 bits per heavy atom. The number of carboxylic acids is 1. The number of hydrogen-bond donors (Lipinski definition) is 2. The van der Waals surface area contributed by atoms with Crippen molar-refractivity contribution in [3.8, 4) is 0 Å². The summed E-state index contributed by atoms with van der Waals surface area (Å²) in [7, 11) is 0. The Hall–Kier alpha value is -2.50. The van der Waals surface area contributed by atoms with Crippen molar-refractivity contribution in [3.05, 3.63) is 47.2 Å². The Morgan fingerprint density at radius 3 is 2.75 bits per heavy atom. The molecule has 104 valence electrons. The number of carboxylic acid groups (broad SMARTS) is 1. The van der Waals surface area contributed by atoms with Gasteiger partial charge in [0.15, 0.2) is 11.6 Å². The van der Waals surface area contributed by atoms with E-state index in [2.05, 4.69) is 15.3 Å². The van der Waals surface area contributed by atoms with Crippen LogP contribution in [0.4, 0.5) is 15.9 Å². The monoisotopic (exact) mass is 275 g/mol. The van der Waals surface area contributed by atoms with E-state index in [9.17, 15) is 9.18 Å². The molecule has 0 aliphatic heterocycles. The Bertz CT molecular complexity index is 659. The number of aromatic nitrogens is 2. The highest BCUT2D eigenvalue weighted by molar-refractivity contribution is 5.90. The van der Waals surface area contributed by atoms with Crippen LogP contribution in [0.2, 0.25) is 0 Å². The molecule has 1 aromatic carbocycles. The van der Waals surface area contributed by atoms with Gasteiger partial charge in [-0.15, -0.1) is 0 Å². The van der Waals surface area contributed by atoms with E-state index in [1.54, 1.807) is 26.0 Å². The lowest BCUT2D eigenvalue weighted by atomic mass is 10.1. The van der Waals surface area contributed by atoms with Crippen molar-refractivity contribution in [2.75, 3.05) is 5.32 Å². The molecule has 0 saturated heterocycles. The van der Waals surface area contributed by atoms with Crippen molar-refractivity contribution in [2.45, 2.75) is 20.3 Å². The maximum Gasteiger partial charge on any atom is 0.335 e. The summed E-state index contributed by atoms with van der Waals surface area (Å²) in [6.45, 7) is 3.49. The van der Waals surface area contributed by atoms with Crippen molar-refractivity contribution >= 4 is 17.5 Å². The minimum absolute atomic E-state index is 0.0827. The molecule has 0 bridgehead atoms. The minimum atomic E-state index is -0.990. The Kier molecular flexibility index (Phi) is 3.93. The maximum absolute atomic E-state index is 14.0. The number of halogens is 1. The summed E-state index contributed by atoms with van der Waals surface area (Å²) in [5.41, 5.74) is 1.72. The van der Waals surface area contributed by atoms with Crippen LogP contribution in [0.25, 0.3) is 0 Å². The van der Waals surface area contributed by atoms with Gasteiger partial charge in [0.1, 0.15) is 6.33 Å². The highest BCUT2D eigenvalue weighted by atomic mass is 19.1. The molecular weight excluding hydrogens is 261 g/mol. The predicted molar refractivity (Wildman–Crippen MR) is 72.8 cm³/mol. The molecular formula is C14H14FN3O2. The summed E-state index contributed by atoms with van der Waals surface area (Å²) in [6, 6.07) is 4.68. The lowest BCUT2D eigenvalue weighted by Gasteiger charge is -2.10. The summed E-state index contributed by atoms with van der Waals surface area (Å²) >= 11 is 0. The number of aromatic carboxylic acids is 1. The number of anilines is 2. The molecule has 6 heteroatoms. The largest absolute Gasteiger partial charge is 0.478 e. The summed E-state index contributed by atoms with van der Waals surface area (Å²) in [4.78, 5) is 18.6. The van der Waals surface area contributed by atoms with Crippen molar-refractivity contribution in [1.82, 2.24) is 9.97 Å². The smallest absolute Gasteiger partial charge is 0.335 e. The SMILES string of the molecule is CCc1ncnc(Nc2ccc(C(=O)O)c(C)c2)c1F. The third-order valence-electron chi connectivity index (χ3n) is 2.92. The molecule has 2 rings (SSSR count). The number of rotatable bonds is 4. The first kappa shape index (κ1) is 13.9. The number of aryl methyl sites for hydroxylation is 2. The number of carbonyl (C=O) groups is 1. The van der Waals surface area contributed by atoms with Crippen molar-refractivity contribution in [3.63, 3.8) is 0 Å². The minimum Gasteiger partial charge on any atom is -0.478 e. The van der Waals surface area contributed by atoms with Crippen molar-refractivity contribution in [2.24, 2.45) is 0 Å². The van der Waals surface area contributed by atoms with Gasteiger partial charge in [-0.25, -0.2) is 19.2 Å². The van der Waals surface area contributed by atoms with E-state index in [0.717, 1.165) is 0 Å². The molecule has 0 fully saturated rings. The zero-order chi connectivity index (χ0) is 14.7. The normalized spacial score (nSPS) is 10.3. The van der Waals surface area contributed by atoms with Gasteiger partial charge in [-0.1, -0.05) is 6.92 Å². The second-order valence-electron chi connectivity index (χ2n) is 4.30. The predicted octanol–water partition coefficient (Wildman–Crippen LogP) is 2.93. The molecule has 0 saturated carbocycles. The van der Waals surface area contributed by atoms with Crippen LogP contribution in [0.5, 0.6) is 0 Å². The average molecular weight is 275 g/mol. The Morgan fingerprint density at radius 2 is 2.15 bits per heavy atom. The van der Waals surface area contributed by atoms with Crippen molar-refractivity contribution < 1.29 is 14.3 Å². The number of hydrogen-bond acceptors (Lipinski definition) is 4. The molecule has 5 nitrogen and oxygen atoms in total. The van der Waals surface area contributed by atoms with E-state index in [-0.39, 0.29) is 11.4 Å². The fourth-order valence-corrected chi connectivity index (χ4v) is 1.86. The molecule has 0 atom stereocenters. The summed E-state index contributed by atoms with van der Waals surface area (Å²) in [5.74, 6) is -1.40. The van der Waals surface area contributed by atoms with Gasteiger partial charge in [-0.05, 0) is 37.1 Å². The first-order chi connectivity index (χ1) is 9.52. The van der Waals surface area contributed by atoms with Crippen LogP contribution in [-0.2, 0) is 6.42 Å². The second-order valence-corrected chi connectivity index (χ2v) is 4.30. The van der Waals surface area contributed by atoms with Gasteiger partial charge in [0, 0.05) is 5.69 Å². The zero-order valence-electron chi connectivity index (χ0n) is 11.1. The van der Waals surface area contributed by atoms with E-state index in [0.29, 0.717) is 23.4 Å². The van der Waals surface area contributed by atoms with Gasteiger partial charge < -0.3 is 10.4 Å². The van der Waals surface area contributed by atoms with Gasteiger partial charge in [0.2, 0.25) is 0 Å².